The van der Waals surface area contributed by atoms with Gasteiger partial charge in [0.15, 0.2) is 0 Å². The lowest BCUT2D eigenvalue weighted by Gasteiger charge is -2.37. The van der Waals surface area contributed by atoms with Crippen molar-refractivity contribution in [1.29, 1.82) is 0 Å². The van der Waals surface area contributed by atoms with E-state index in [4.69, 9.17) is 4.74 Å². The van der Waals surface area contributed by atoms with Crippen molar-refractivity contribution in [1.82, 2.24) is 0 Å². The number of ether oxygens (including phenoxy) is 1. The van der Waals surface area contributed by atoms with Crippen LogP contribution in [0, 0.1) is 5.82 Å². The highest BCUT2D eigenvalue weighted by Crippen LogP contribution is 2.29. The monoisotopic (exact) mass is 286 g/mol. The van der Waals surface area contributed by atoms with Gasteiger partial charge in [-0.2, -0.15) is 0 Å². The zero-order valence-corrected chi connectivity index (χ0v) is 12.1. The lowest BCUT2D eigenvalue weighted by atomic mass is 10.2. The highest BCUT2D eigenvalue weighted by atomic mass is 19.1. The van der Waals surface area contributed by atoms with Crippen molar-refractivity contribution < 1.29 is 9.13 Å². The fraction of sp³-hybridized carbons (Fsp3) is 0.294. The first kappa shape index (κ1) is 13.7. The normalized spacial score (nSPS) is 15.1. The molecule has 3 nitrogen and oxygen atoms in total. The van der Waals surface area contributed by atoms with Crippen molar-refractivity contribution in [2.75, 3.05) is 43.1 Å². The lowest BCUT2D eigenvalue weighted by Crippen LogP contribution is -2.46. The van der Waals surface area contributed by atoms with E-state index in [1.165, 1.54) is 12.1 Å². The van der Waals surface area contributed by atoms with Crippen molar-refractivity contribution >= 4 is 11.4 Å². The van der Waals surface area contributed by atoms with Crippen molar-refractivity contribution in [3.8, 4) is 5.75 Å². The number of benzene rings is 2. The van der Waals surface area contributed by atoms with Gasteiger partial charge in [0.25, 0.3) is 0 Å². The predicted octanol–water partition coefficient (Wildman–Crippen LogP) is 3.16. The summed E-state index contributed by atoms with van der Waals surface area (Å²) in [6.07, 6.45) is 0. The summed E-state index contributed by atoms with van der Waals surface area (Å²) in [6, 6.07) is 14.8. The Hall–Kier alpha value is -2.23. The highest BCUT2D eigenvalue weighted by Gasteiger charge is 2.19. The summed E-state index contributed by atoms with van der Waals surface area (Å²) < 4.78 is 18.4. The van der Waals surface area contributed by atoms with E-state index >= 15 is 0 Å². The molecule has 1 saturated heterocycles. The van der Waals surface area contributed by atoms with Crippen LogP contribution in [0.25, 0.3) is 0 Å². The summed E-state index contributed by atoms with van der Waals surface area (Å²) in [6.45, 7) is 3.70. The second-order valence-electron chi connectivity index (χ2n) is 5.12. The summed E-state index contributed by atoms with van der Waals surface area (Å²) in [5, 5.41) is 0. The number of rotatable bonds is 3. The molecular formula is C17H19FN2O. The molecule has 2 aromatic carbocycles. The molecule has 0 bridgehead atoms. The van der Waals surface area contributed by atoms with Crippen LogP contribution in [0.5, 0.6) is 5.75 Å². The Morgan fingerprint density at radius 3 is 2.14 bits per heavy atom. The third kappa shape index (κ3) is 2.94. The lowest BCUT2D eigenvalue weighted by molar-refractivity contribution is 0.413. The van der Waals surface area contributed by atoms with E-state index in [2.05, 4.69) is 15.9 Å². The molecule has 0 aliphatic carbocycles. The molecule has 0 atom stereocenters. The Balaban J connectivity index is 1.69. The standard InChI is InChI=1S/C17H19FN2O/c1-21-17-5-3-2-4-16(17)20-12-10-19(11-13-20)15-8-6-14(18)7-9-15/h2-9H,10-13H2,1H3. The van der Waals surface area contributed by atoms with Crippen molar-refractivity contribution in [2.45, 2.75) is 0 Å². The van der Waals surface area contributed by atoms with E-state index in [1.54, 1.807) is 7.11 Å². The van der Waals surface area contributed by atoms with Crippen molar-refractivity contribution in [3.63, 3.8) is 0 Å². The van der Waals surface area contributed by atoms with Gasteiger partial charge < -0.3 is 14.5 Å². The Bertz CT molecular complexity index is 592. The van der Waals surface area contributed by atoms with E-state index in [1.807, 2.05) is 30.3 Å². The van der Waals surface area contributed by atoms with Crippen LogP contribution in [0.2, 0.25) is 0 Å². The van der Waals surface area contributed by atoms with Gasteiger partial charge in [-0.05, 0) is 36.4 Å². The van der Waals surface area contributed by atoms with Gasteiger partial charge >= 0.3 is 0 Å². The molecule has 1 aliphatic heterocycles. The van der Waals surface area contributed by atoms with Crippen molar-refractivity contribution in [3.05, 3.63) is 54.3 Å². The number of para-hydroxylation sites is 2. The Morgan fingerprint density at radius 1 is 0.857 bits per heavy atom. The molecule has 3 rings (SSSR count). The maximum atomic E-state index is 13.0. The van der Waals surface area contributed by atoms with E-state index in [0.29, 0.717) is 0 Å². The van der Waals surface area contributed by atoms with Crippen LogP contribution in [0.1, 0.15) is 0 Å². The molecule has 0 saturated carbocycles. The molecule has 21 heavy (non-hydrogen) atoms. The van der Waals surface area contributed by atoms with Crippen LogP contribution < -0.4 is 14.5 Å². The van der Waals surface area contributed by atoms with Crippen LogP contribution in [0.15, 0.2) is 48.5 Å². The molecule has 0 aromatic heterocycles. The Morgan fingerprint density at radius 2 is 1.48 bits per heavy atom. The molecule has 0 amide bonds. The number of nitrogens with zero attached hydrogens (tertiary/aromatic N) is 2. The van der Waals surface area contributed by atoms with Gasteiger partial charge in [0.2, 0.25) is 0 Å². The number of halogens is 1. The van der Waals surface area contributed by atoms with Gasteiger partial charge in [0.1, 0.15) is 11.6 Å². The van der Waals surface area contributed by atoms with Gasteiger partial charge in [-0.25, -0.2) is 4.39 Å². The molecule has 2 aromatic rings. The fourth-order valence-corrected chi connectivity index (χ4v) is 2.75. The highest BCUT2D eigenvalue weighted by molar-refractivity contribution is 5.60. The maximum absolute atomic E-state index is 13.0. The van der Waals surface area contributed by atoms with Gasteiger partial charge in [0.05, 0.1) is 12.8 Å². The number of methoxy groups -OCH3 is 1. The van der Waals surface area contributed by atoms with E-state index in [-0.39, 0.29) is 5.82 Å². The second-order valence-corrected chi connectivity index (χ2v) is 5.12. The number of hydrogen-bond donors (Lipinski definition) is 0. The average molecular weight is 286 g/mol. The van der Waals surface area contributed by atoms with Crippen LogP contribution in [-0.4, -0.2) is 33.3 Å². The van der Waals surface area contributed by atoms with Gasteiger partial charge in [0, 0.05) is 31.9 Å². The molecule has 1 heterocycles. The van der Waals surface area contributed by atoms with Gasteiger partial charge in [-0.15, -0.1) is 0 Å². The zero-order valence-electron chi connectivity index (χ0n) is 12.1. The van der Waals surface area contributed by atoms with Crippen LogP contribution in [-0.2, 0) is 0 Å². The summed E-state index contributed by atoms with van der Waals surface area (Å²) >= 11 is 0. The molecule has 0 radical (unpaired) electrons. The molecule has 0 N–H and O–H groups in total. The van der Waals surface area contributed by atoms with Gasteiger partial charge in [-0.3, -0.25) is 0 Å². The third-order valence-corrected chi connectivity index (χ3v) is 3.90. The smallest absolute Gasteiger partial charge is 0.142 e. The van der Waals surface area contributed by atoms with Crippen molar-refractivity contribution in [2.24, 2.45) is 0 Å². The molecule has 4 heteroatoms. The first-order valence-electron chi connectivity index (χ1n) is 7.16. The number of anilines is 2. The molecule has 1 aliphatic rings. The summed E-state index contributed by atoms with van der Waals surface area (Å²) in [5.74, 6) is 0.721. The number of hydrogen-bond acceptors (Lipinski definition) is 3. The van der Waals surface area contributed by atoms with E-state index in [0.717, 1.165) is 43.3 Å². The summed E-state index contributed by atoms with van der Waals surface area (Å²) in [5.41, 5.74) is 2.22. The van der Waals surface area contributed by atoms with Gasteiger partial charge in [-0.1, -0.05) is 12.1 Å². The fourth-order valence-electron chi connectivity index (χ4n) is 2.75. The second kappa shape index (κ2) is 6.04. The molecule has 0 unspecified atom stereocenters. The Labute approximate surface area is 124 Å². The average Bonchev–Trinajstić information content (AvgIpc) is 2.56. The van der Waals surface area contributed by atoms with Crippen LogP contribution >= 0.6 is 0 Å². The zero-order chi connectivity index (χ0) is 14.7. The number of piperazine rings is 1. The first-order chi connectivity index (χ1) is 10.3. The predicted molar refractivity (Wildman–Crippen MR) is 83.8 cm³/mol. The third-order valence-electron chi connectivity index (χ3n) is 3.90. The summed E-state index contributed by atoms with van der Waals surface area (Å²) in [4.78, 5) is 4.62. The SMILES string of the molecule is COc1ccccc1N1CCN(c2ccc(F)cc2)CC1. The van der Waals surface area contributed by atoms with E-state index < -0.39 is 0 Å². The molecular weight excluding hydrogens is 267 g/mol. The topological polar surface area (TPSA) is 15.7 Å². The molecule has 1 fully saturated rings. The largest absolute Gasteiger partial charge is 0.495 e. The first-order valence-corrected chi connectivity index (χ1v) is 7.16. The Kier molecular flexibility index (Phi) is 3.95. The van der Waals surface area contributed by atoms with E-state index in [9.17, 15) is 4.39 Å². The minimum Gasteiger partial charge on any atom is -0.495 e. The maximum Gasteiger partial charge on any atom is 0.142 e. The molecule has 110 valence electrons. The quantitative estimate of drug-likeness (QED) is 0.862. The van der Waals surface area contributed by atoms with Crippen LogP contribution in [0.4, 0.5) is 15.8 Å². The molecule has 0 spiro atoms. The van der Waals surface area contributed by atoms with Crippen LogP contribution in [0.3, 0.4) is 0 Å². The summed E-state index contributed by atoms with van der Waals surface area (Å²) in [7, 11) is 1.70. The minimum atomic E-state index is -0.189. The minimum absolute atomic E-state index is 0.189.